The quantitative estimate of drug-likeness (QED) is 0.610. The fourth-order valence-electron chi connectivity index (χ4n) is 4.19. The average Bonchev–Trinajstić information content (AvgIpc) is 3.17. The van der Waals surface area contributed by atoms with Crippen molar-refractivity contribution in [2.75, 3.05) is 13.2 Å². The zero-order valence-electron chi connectivity index (χ0n) is 18.1. The predicted octanol–water partition coefficient (Wildman–Crippen LogP) is 4.37. The third-order valence-corrected chi connectivity index (χ3v) is 5.72. The number of piperidine rings is 1. The monoisotopic (exact) mass is 406 g/mol. The topological polar surface area (TPSA) is 59.7 Å². The smallest absolute Gasteiger partial charge is 0.276 e. The molecule has 6 nitrogen and oxygen atoms in total. The fourth-order valence-corrected chi connectivity index (χ4v) is 4.19. The van der Waals surface area contributed by atoms with E-state index in [4.69, 9.17) is 9.72 Å². The van der Waals surface area contributed by atoms with Crippen molar-refractivity contribution in [3.05, 3.63) is 59.3 Å². The van der Waals surface area contributed by atoms with Crippen molar-refractivity contribution >= 4 is 11.6 Å². The van der Waals surface area contributed by atoms with Crippen molar-refractivity contribution in [3.63, 3.8) is 0 Å². The minimum atomic E-state index is -0.0329. The molecule has 0 saturated carbocycles. The molecule has 6 heteroatoms. The maximum Gasteiger partial charge on any atom is 0.276 e. The van der Waals surface area contributed by atoms with Gasteiger partial charge in [-0.25, -0.2) is 9.97 Å². The summed E-state index contributed by atoms with van der Waals surface area (Å²) in [6.07, 6.45) is 8.88. The number of carbonyl (C=O) groups is 1. The summed E-state index contributed by atoms with van der Waals surface area (Å²) in [6.45, 7) is 7.37. The van der Waals surface area contributed by atoms with Crippen LogP contribution in [0.3, 0.4) is 0 Å². The molecule has 0 unspecified atom stereocenters. The minimum Gasteiger partial charge on any atom is -0.491 e. The molecule has 1 aliphatic heterocycles. The van der Waals surface area contributed by atoms with Crippen LogP contribution in [0.5, 0.6) is 5.75 Å². The molecule has 0 N–H and O–H groups in total. The number of hydrogen-bond donors (Lipinski definition) is 0. The van der Waals surface area contributed by atoms with Crippen LogP contribution in [0.1, 0.15) is 60.0 Å². The molecule has 0 radical (unpaired) electrons. The van der Waals surface area contributed by atoms with Gasteiger partial charge in [-0.15, -0.1) is 0 Å². The van der Waals surface area contributed by atoms with Gasteiger partial charge in [0.2, 0.25) is 0 Å². The first-order valence-corrected chi connectivity index (χ1v) is 10.9. The van der Waals surface area contributed by atoms with E-state index in [1.165, 1.54) is 0 Å². The second-order valence-electron chi connectivity index (χ2n) is 8.15. The number of aromatic nitrogens is 3. The summed E-state index contributed by atoms with van der Waals surface area (Å²) in [7, 11) is 0. The van der Waals surface area contributed by atoms with E-state index in [0.717, 1.165) is 61.2 Å². The molecular formula is C24H30N4O2. The van der Waals surface area contributed by atoms with Gasteiger partial charge in [0.1, 0.15) is 5.65 Å². The van der Waals surface area contributed by atoms with E-state index in [1.807, 2.05) is 36.2 Å². The Labute approximate surface area is 177 Å². The van der Waals surface area contributed by atoms with Crippen molar-refractivity contribution < 1.29 is 9.53 Å². The Morgan fingerprint density at radius 3 is 2.87 bits per heavy atom. The molecule has 1 aliphatic rings. The Kier molecular flexibility index (Phi) is 6.02. The molecule has 0 spiro atoms. The Balaban J connectivity index is 1.59. The molecule has 1 fully saturated rings. The van der Waals surface area contributed by atoms with Gasteiger partial charge in [-0.1, -0.05) is 13.0 Å². The summed E-state index contributed by atoms with van der Waals surface area (Å²) in [5, 5.41) is 0. The van der Waals surface area contributed by atoms with E-state index in [9.17, 15) is 4.79 Å². The van der Waals surface area contributed by atoms with Crippen LogP contribution in [0.4, 0.5) is 0 Å². The van der Waals surface area contributed by atoms with Crippen LogP contribution in [0.2, 0.25) is 0 Å². The van der Waals surface area contributed by atoms with E-state index in [0.29, 0.717) is 18.1 Å². The van der Waals surface area contributed by atoms with E-state index >= 15 is 0 Å². The third kappa shape index (κ3) is 4.18. The zero-order valence-corrected chi connectivity index (χ0v) is 18.1. The first-order chi connectivity index (χ1) is 14.6. The molecule has 3 aromatic rings. The number of hydrogen-bond acceptors (Lipinski definition) is 4. The maximum atomic E-state index is 13.5. The normalized spacial score (nSPS) is 16.8. The molecule has 0 aromatic carbocycles. The maximum absolute atomic E-state index is 13.5. The molecule has 0 bridgehead atoms. The Hall–Kier alpha value is -2.89. The number of amides is 1. The standard InChI is InChI=1S/C24H30N4O2/c1-4-14-30-21-11-10-18(3)25-22(21)24(29)28-13-6-5-9-20(28)15-19-16-27-12-7-8-17(2)23(27)26-19/h7-8,10-12,16,20H,4-6,9,13-15H2,1-3H3/t20-/m0/s1. The van der Waals surface area contributed by atoms with Gasteiger partial charge in [0.15, 0.2) is 11.4 Å². The highest BCUT2D eigenvalue weighted by molar-refractivity contribution is 5.95. The highest BCUT2D eigenvalue weighted by atomic mass is 16.5. The van der Waals surface area contributed by atoms with Gasteiger partial charge in [-0.3, -0.25) is 4.79 Å². The van der Waals surface area contributed by atoms with Crippen LogP contribution in [0.25, 0.3) is 5.65 Å². The van der Waals surface area contributed by atoms with Crippen LogP contribution >= 0.6 is 0 Å². The van der Waals surface area contributed by atoms with Crippen molar-refractivity contribution in [1.29, 1.82) is 0 Å². The van der Waals surface area contributed by atoms with Crippen LogP contribution in [-0.4, -0.2) is 44.4 Å². The fraction of sp³-hybridized carbons (Fsp3) is 0.458. The lowest BCUT2D eigenvalue weighted by molar-refractivity contribution is 0.0601. The third-order valence-electron chi connectivity index (χ3n) is 5.72. The van der Waals surface area contributed by atoms with E-state index in [1.54, 1.807) is 0 Å². The van der Waals surface area contributed by atoms with Crippen molar-refractivity contribution in [2.45, 2.75) is 58.9 Å². The number of pyridine rings is 2. The molecular weight excluding hydrogens is 376 g/mol. The number of rotatable bonds is 6. The van der Waals surface area contributed by atoms with Crippen molar-refractivity contribution in [3.8, 4) is 5.75 Å². The Bertz CT molecular complexity index is 1040. The lowest BCUT2D eigenvalue weighted by atomic mass is 9.97. The van der Waals surface area contributed by atoms with Crippen LogP contribution in [0.15, 0.2) is 36.7 Å². The second-order valence-corrected chi connectivity index (χ2v) is 8.15. The van der Waals surface area contributed by atoms with E-state index < -0.39 is 0 Å². The number of carbonyl (C=O) groups excluding carboxylic acids is 1. The van der Waals surface area contributed by atoms with Gasteiger partial charge < -0.3 is 14.0 Å². The molecule has 158 valence electrons. The second kappa shape index (κ2) is 8.86. The van der Waals surface area contributed by atoms with E-state index in [2.05, 4.69) is 35.5 Å². The number of fused-ring (bicyclic) bond motifs is 1. The highest BCUT2D eigenvalue weighted by Crippen LogP contribution is 2.26. The predicted molar refractivity (Wildman–Crippen MR) is 117 cm³/mol. The summed E-state index contributed by atoms with van der Waals surface area (Å²) in [6, 6.07) is 8.00. The highest BCUT2D eigenvalue weighted by Gasteiger charge is 2.31. The van der Waals surface area contributed by atoms with Crippen molar-refractivity contribution in [1.82, 2.24) is 19.3 Å². The van der Waals surface area contributed by atoms with Crippen LogP contribution < -0.4 is 4.74 Å². The van der Waals surface area contributed by atoms with Gasteiger partial charge in [0.05, 0.1) is 12.3 Å². The Morgan fingerprint density at radius 2 is 2.07 bits per heavy atom. The number of aryl methyl sites for hydroxylation is 2. The van der Waals surface area contributed by atoms with Gasteiger partial charge in [0.25, 0.3) is 5.91 Å². The van der Waals surface area contributed by atoms with E-state index in [-0.39, 0.29) is 11.9 Å². The molecule has 0 aliphatic carbocycles. The first kappa shape index (κ1) is 20.4. The summed E-state index contributed by atoms with van der Waals surface area (Å²) < 4.78 is 7.90. The molecule has 1 atom stereocenters. The summed E-state index contributed by atoms with van der Waals surface area (Å²) in [5.74, 6) is 0.551. The Morgan fingerprint density at radius 1 is 1.20 bits per heavy atom. The van der Waals surface area contributed by atoms with Crippen LogP contribution in [0, 0.1) is 13.8 Å². The lowest BCUT2D eigenvalue weighted by Gasteiger charge is -2.35. The molecule has 1 saturated heterocycles. The lowest BCUT2D eigenvalue weighted by Crippen LogP contribution is -2.45. The number of ether oxygens (including phenoxy) is 1. The summed E-state index contributed by atoms with van der Waals surface area (Å²) >= 11 is 0. The molecule has 4 heterocycles. The molecule has 4 rings (SSSR count). The summed E-state index contributed by atoms with van der Waals surface area (Å²) in [5.41, 5.74) is 4.42. The minimum absolute atomic E-state index is 0.0329. The molecule has 30 heavy (non-hydrogen) atoms. The number of nitrogens with zero attached hydrogens (tertiary/aromatic N) is 4. The van der Waals surface area contributed by atoms with Crippen LogP contribution in [-0.2, 0) is 6.42 Å². The molecule has 3 aromatic heterocycles. The number of likely N-dealkylation sites (tertiary alicyclic amines) is 1. The number of imidazole rings is 1. The average molecular weight is 407 g/mol. The van der Waals surface area contributed by atoms with Gasteiger partial charge in [-0.05, 0) is 63.3 Å². The van der Waals surface area contributed by atoms with Gasteiger partial charge in [-0.2, -0.15) is 0 Å². The van der Waals surface area contributed by atoms with Crippen molar-refractivity contribution in [2.24, 2.45) is 0 Å². The summed E-state index contributed by atoms with van der Waals surface area (Å²) in [4.78, 5) is 24.9. The SMILES string of the molecule is CCCOc1ccc(C)nc1C(=O)N1CCCC[C@H]1Cc1cn2cccc(C)c2n1. The molecule has 1 amide bonds. The zero-order chi connectivity index (χ0) is 21.1. The van der Waals surface area contributed by atoms with Gasteiger partial charge in [0, 0.05) is 37.1 Å². The van der Waals surface area contributed by atoms with Gasteiger partial charge >= 0.3 is 0 Å². The first-order valence-electron chi connectivity index (χ1n) is 10.9. The largest absolute Gasteiger partial charge is 0.491 e.